The Bertz CT molecular complexity index is 6630. The summed E-state index contributed by atoms with van der Waals surface area (Å²) in [6, 6.07) is 28.9. The monoisotopic (exact) mass is 1750 g/mol. The molecule has 5 aromatic carbocycles. The van der Waals surface area contributed by atoms with Crippen LogP contribution >= 0.6 is 0 Å². The second-order valence-corrected chi connectivity index (χ2v) is 27.0. The van der Waals surface area contributed by atoms with Crippen molar-refractivity contribution < 1.29 is 46.5 Å². The molecule has 134 heavy (non-hydrogen) atoms. The summed E-state index contributed by atoms with van der Waals surface area (Å²) in [6.45, 7) is 16.4. The summed E-state index contributed by atoms with van der Waals surface area (Å²) in [7, 11) is 13.7. The first-order chi connectivity index (χ1) is 65.2. The number of aliphatic hydroxyl groups excluding tert-OH is 1. The maximum atomic E-state index is 11.1. The van der Waals surface area contributed by atoms with Gasteiger partial charge in [-0.05, 0) is 305 Å². The summed E-state index contributed by atoms with van der Waals surface area (Å²) < 4.78 is 11.0. The third kappa shape index (κ3) is 50.7. The van der Waals surface area contributed by atoms with Gasteiger partial charge >= 0.3 is 17.9 Å². The highest BCUT2D eigenvalue weighted by Gasteiger charge is 2.41. The molecule has 0 radical (unpaired) electrons. The van der Waals surface area contributed by atoms with Crippen molar-refractivity contribution in [1.29, 1.82) is 0 Å². The van der Waals surface area contributed by atoms with E-state index in [4.69, 9.17) is 10.4 Å². The molecule has 0 spiro atoms. The standard InChI is InChI=1S/C60H6.2C14H12.C11H13NO2.C7H13NO2.C5H11N.C3H8N.C3H9N.C2H4O3.CH4O.CH4.2H2/c1-3-5-7-9-11-13-15-17-19-21-23-25-27-29-31-33-35-37-39-41-43-45-47-49-51-53-55-57-59-60-58-56-54-52-50-48-46-44-42-40-38-36-34-32-30-28-26-24-22-20-18-16-14-12-10-8-6-4-2;2*1-2-10-7-8-12-4-3-11-6-5-9(1)13(10)14(11)12;1-14-11(13)10-8-12(10)7-9-5-3-2-4-6-9;1-8-5-3-4-6(8)7(9)10-2;1-6-4-2-3-5-6;1-4(2)3;1-3-4-2;1-2(3)5-4;1-2;;;/h1-2H3;2*5-8H,1-4H2;2-6,10H,7-8H2,1H3;6H,3-5H2,1-2H3;2-5H2,1H3;1H2,2-3H3;4H,3H2,1-2H3;4H,1H3;2H,1H3;1H4;2*1H/q;;;;;;+1;;;;;;/t;;;;6-;;;;;;;;/m....1......../s1/i;;;;;;;;;;;2*1+1. The Morgan fingerprint density at radius 3 is 0.746 bits per heavy atom. The molecule has 656 valence electrons. The molecule has 3 heterocycles. The van der Waals surface area contributed by atoms with Crippen LogP contribution in [0.1, 0.15) is 114 Å². The van der Waals surface area contributed by atoms with Crippen molar-refractivity contribution in [3.8, 4) is 343 Å². The Balaban J connectivity index is 0.00000187. The predicted octanol–water partition coefficient (Wildman–Crippen LogP) is 10.2. The lowest BCUT2D eigenvalue weighted by atomic mass is 10.0. The lowest BCUT2D eigenvalue weighted by Crippen LogP contribution is -2.33. The van der Waals surface area contributed by atoms with E-state index in [2.05, 4.69) is 454 Å². The van der Waals surface area contributed by atoms with Crippen LogP contribution in [-0.2, 0) is 86.7 Å². The van der Waals surface area contributed by atoms with Gasteiger partial charge in [0.25, 0.3) is 0 Å². The molecule has 5 aromatic rings. The first-order valence-electron chi connectivity index (χ1n) is 41.3. The number of likely N-dealkylation sites (N-methyl/N-ethyl adjacent to an activating group) is 1. The number of hydrogen-bond donors (Lipinski definition) is 3. The molecule has 0 saturated carbocycles. The van der Waals surface area contributed by atoms with Gasteiger partial charge in [-0.3, -0.25) is 19.4 Å². The molecule has 7 aliphatic rings. The molecule has 0 amide bonds. The molecule has 0 aromatic heterocycles. The number of nitrogens with one attached hydrogen (secondary N) is 1. The number of ether oxygens (including phenoxy) is 2. The smallest absolute Gasteiger partial charge is 0.339 e. The van der Waals surface area contributed by atoms with E-state index in [0.717, 1.165) is 53.1 Å². The van der Waals surface area contributed by atoms with Gasteiger partial charge < -0.3 is 29.7 Å². The highest BCUT2D eigenvalue weighted by molar-refractivity contribution is 5.98. The molecule has 4 aliphatic carbocycles. The second kappa shape index (κ2) is 74.9. The number of nitrogens with zero attached hydrogens (tertiary/aromatic N) is 4. The van der Waals surface area contributed by atoms with E-state index in [1.54, 1.807) is 84.5 Å². The van der Waals surface area contributed by atoms with Gasteiger partial charge in [-0.25, -0.2) is 9.37 Å². The number of benzene rings is 5. The Hall–Kier alpha value is -18.3. The lowest BCUT2D eigenvalue weighted by molar-refractivity contribution is -0.454. The van der Waals surface area contributed by atoms with Crippen molar-refractivity contribution in [3.05, 3.63) is 129 Å². The van der Waals surface area contributed by atoms with E-state index >= 15 is 0 Å². The van der Waals surface area contributed by atoms with E-state index in [1.807, 2.05) is 51.3 Å². The predicted molar refractivity (Wildman–Crippen MR) is 544 cm³/mol. The maximum absolute atomic E-state index is 11.1. The topological polar surface area (TPSA) is 144 Å². The fraction of sp³-hybridized carbons (Fsp3) is 0.273. The Labute approximate surface area is 800 Å². The van der Waals surface area contributed by atoms with E-state index in [0.29, 0.717) is 0 Å². The normalized spacial score (nSPS) is 11.7. The Morgan fingerprint density at radius 2 is 0.590 bits per heavy atom. The minimum atomic E-state index is -0.690. The molecule has 2 unspecified atom stereocenters. The highest BCUT2D eigenvalue weighted by Crippen LogP contribution is 2.40. The van der Waals surface area contributed by atoms with Crippen LogP contribution in [0.5, 0.6) is 0 Å². The highest BCUT2D eigenvalue weighted by atomic mass is 17.1. The van der Waals surface area contributed by atoms with Crippen LogP contribution in [0, 0.1) is 343 Å². The number of rotatable bonds is 5. The summed E-state index contributed by atoms with van der Waals surface area (Å²) >= 11 is 0. The van der Waals surface area contributed by atoms with Gasteiger partial charge in [-0.2, -0.15) is 5.26 Å². The number of carbonyl (C=O) groups excluding carboxylic acids is 3. The van der Waals surface area contributed by atoms with Crippen molar-refractivity contribution >= 4 is 46.2 Å². The zero-order valence-corrected chi connectivity index (χ0v) is 76.7. The van der Waals surface area contributed by atoms with Crippen molar-refractivity contribution in [2.75, 3.05) is 89.3 Å². The van der Waals surface area contributed by atoms with Gasteiger partial charge in [0.1, 0.15) is 32.9 Å². The van der Waals surface area contributed by atoms with Gasteiger partial charge in [0.2, 0.25) is 0 Å². The quantitative estimate of drug-likeness (QED) is 0.0225. The molecule has 0 bridgehead atoms. The van der Waals surface area contributed by atoms with Gasteiger partial charge in [0.05, 0.1) is 14.2 Å². The molecule has 12 rings (SSSR count). The van der Waals surface area contributed by atoms with Gasteiger partial charge in [0.15, 0.2) is 0 Å². The average Bonchev–Trinajstić information content (AvgIpc) is 1.60. The molecule has 3 saturated heterocycles. The minimum absolute atomic E-state index is 0. The van der Waals surface area contributed by atoms with Gasteiger partial charge in [-0.15, -0.1) is 0 Å². The minimum Gasteiger partial charge on any atom is -0.468 e. The average molecular weight is 1750 g/mol. The third-order valence-electron chi connectivity index (χ3n) is 17.6. The molecular formula is C121H100N5O8+. The number of likely N-dealkylation sites (tertiary alicyclic amines) is 2. The van der Waals surface area contributed by atoms with Gasteiger partial charge in [0, 0.05) is 267 Å². The van der Waals surface area contributed by atoms with Crippen LogP contribution in [0.2, 0.25) is 0 Å². The van der Waals surface area contributed by atoms with Crippen LogP contribution in [0.3, 0.4) is 0 Å². The summed E-state index contributed by atoms with van der Waals surface area (Å²) in [5, 5.41) is 23.7. The SMILES string of the molecule is C.C=[N+](C)C.CC#CC#CC#CC#CC#CC#CC#CC#CC#CC#CC#CC#CC#CC#CC#CC#CC#CC#CC#CC#CC#CC#CC#CC#CC#CC#CC#CC#CC#CC.CC(=O)OO.CCNC.CN1CCCC1.CO.COC(=O)C1CN1Cc1ccccc1.COC(=O)[C@H]1CCCN1C.[2HH].[2HH].c1cc2c3c(ccc4c3c1CC4)CC2.c1cc2c3c(ccc4c3c1CC4)CC2. The van der Waals surface area contributed by atoms with Gasteiger partial charge in [-0.1, -0.05) is 105 Å². The summed E-state index contributed by atoms with van der Waals surface area (Å²) in [5.74, 6) is 145. The Kier molecular flexibility index (Phi) is 62.5. The van der Waals surface area contributed by atoms with Crippen LogP contribution in [0.15, 0.2) is 78.9 Å². The Morgan fingerprint density at radius 1 is 0.388 bits per heavy atom. The number of esters is 2. The molecule has 3 atom stereocenters. The molecule has 3 fully saturated rings. The summed E-state index contributed by atoms with van der Waals surface area (Å²) in [5.41, 5.74) is 13.9. The summed E-state index contributed by atoms with van der Waals surface area (Å²) in [6.07, 6.45) is 15.0. The molecular weight excluding hydrogens is 1650 g/mol. The van der Waals surface area contributed by atoms with E-state index < -0.39 is 5.97 Å². The number of hydrogen-bond acceptors (Lipinski definition) is 12. The first-order valence-corrected chi connectivity index (χ1v) is 41.3. The van der Waals surface area contributed by atoms with E-state index in [-0.39, 0.29) is 34.3 Å². The van der Waals surface area contributed by atoms with Crippen LogP contribution in [0.4, 0.5) is 0 Å². The largest absolute Gasteiger partial charge is 0.468 e. The number of aliphatic hydroxyl groups is 1. The molecule has 3 N–H and O–H groups in total. The van der Waals surface area contributed by atoms with E-state index in [9.17, 15) is 14.4 Å². The second-order valence-electron chi connectivity index (χ2n) is 27.0. The van der Waals surface area contributed by atoms with Crippen molar-refractivity contribution in [1.82, 2.24) is 20.0 Å². The van der Waals surface area contributed by atoms with Crippen molar-refractivity contribution in [2.24, 2.45) is 0 Å². The molecule has 13 heteroatoms. The van der Waals surface area contributed by atoms with Crippen LogP contribution in [0.25, 0.3) is 21.5 Å². The van der Waals surface area contributed by atoms with Crippen molar-refractivity contribution in [2.45, 2.75) is 131 Å². The fourth-order valence-corrected chi connectivity index (χ4v) is 11.9. The number of methoxy groups -OCH3 is 2. The number of carbonyl (C=O) groups is 3. The van der Waals surface area contributed by atoms with Crippen molar-refractivity contribution in [3.63, 3.8) is 0 Å². The first kappa shape index (κ1) is 112. The maximum Gasteiger partial charge on any atom is 0.339 e. The zero-order valence-electron chi connectivity index (χ0n) is 76.7. The third-order valence-corrected chi connectivity index (χ3v) is 17.6. The van der Waals surface area contributed by atoms with E-state index in [1.165, 1.54) is 97.1 Å². The molecule has 13 nitrogen and oxygen atoms in total. The van der Waals surface area contributed by atoms with Crippen LogP contribution in [-0.4, -0.2) is 156 Å². The van der Waals surface area contributed by atoms with Crippen LogP contribution < -0.4 is 5.32 Å². The summed E-state index contributed by atoms with van der Waals surface area (Å²) in [4.78, 5) is 41.0. The molecule has 3 aliphatic heterocycles. The fourth-order valence-electron chi connectivity index (χ4n) is 11.9. The number of aryl methyl sites for hydroxylation is 8. The lowest BCUT2D eigenvalue weighted by Gasteiger charge is -2.15. The zero-order chi connectivity index (χ0) is 96.5.